The van der Waals surface area contributed by atoms with Gasteiger partial charge in [-0.2, -0.15) is 9.61 Å². The third-order valence-electron chi connectivity index (χ3n) is 4.38. The Morgan fingerprint density at radius 1 is 0.963 bits per heavy atom. The smallest absolute Gasteiger partial charge is 0.204 e. The lowest BCUT2D eigenvalue weighted by molar-refractivity contribution is 0.449. The predicted octanol–water partition coefficient (Wildman–Crippen LogP) is 5.36. The van der Waals surface area contributed by atoms with Gasteiger partial charge in [-0.25, -0.2) is 13.2 Å². The Labute approximate surface area is 164 Å². The molecule has 138 valence electrons. The standard InChI is InChI=1S/C18H12BrF3N4S/c1-18(2,9-3-5-10(19)6-4-9)16-23-24-17-26(16)25-15(27-17)11-7-8-12(20)14(22)13(11)21/h3-8H,1-2H3. The summed E-state index contributed by atoms with van der Waals surface area (Å²) in [4.78, 5) is 0.439. The second-order valence-corrected chi connectivity index (χ2v) is 8.35. The van der Waals surface area contributed by atoms with Crippen molar-refractivity contribution in [2.45, 2.75) is 19.3 Å². The maximum Gasteiger partial charge on any atom is 0.235 e. The average molecular weight is 453 g/mol. The number of nitrogens with zero attached hydrogens (tertiary/aromatic N) is 4. The van der Waals surface area contributed by atoms with Crippen molar-refractivity contribution in [3.8, 4) is 10.6 Å². The molecule has 2 aromatic heterocycles. The molecule has 0 spiro atoms. The minimum atomic E-state index is -1.52. The number of benzene rings is 2. The quantitative estimate of drug-likeness (QED) is 0.393. The van der Waals surface area contributed by atoms with Crippen LogP contribution in [-0.4, -0.2) is 19.8 Å². The van der Waals surface area contributed by atoms with E-state index in [2.05, 4.69) is 31.2 Å². The Morgan fingerprint density at radius 2 is 1.67 bits per heavy atom. The molecule has 0 unspecified atom stereocenters. The predicted molar refractivity (Wildman–Crippen MR) is 100 cm³/mol. The van der Waals surface area contributed by atoms with Crippen LogP contribution in [0.2, 0.25) is 0 Å². The van der Waals surface area contributed by atoms with Gasteiger partial charge in [0.05, 0.1) is 11.0 Å². The molecule has 4 aromatic rings. The third-order valence-corrected chi connectivity index (χ3v) is 5.84. The zero-order valence-electron chi connectivity index (χ0n) is 14.2. The molecule has 0 bridgehead atoms. The summed E-state index contributed by atoms with van der Waals surface area (Å²) >= 11 is 4.47. The Hall–Kier alpha value is -2.26. The second kappa shape index (κ2) is 6.42. The fourth-order valence-electron chi connectivity index (χ4n) is 2.80. The number of hydrogen-bond donors (Lipinski definition) is 0. The second-order valence-electron chi connectivity index (χ2n) is 6.48. The number of fused-ring (bicyclic) bond motifs is 1. The number of halogens is 4. The van der Waals surface area contributed by atoms with E-state index in [9.17, 15) is 13.2 Å². The van der Waals surface area contributed by atoms with Gasteiger partial charge < -0.3 is 0 Å². The molecule has 0 aliphatic carbocycles. The summed E-state index contributed by atoms with van der Waals surface area (Å²) in [7, 11) is 0. The lowest BCUT2D eigenvalue weighted by atomic mass is 9.84. The van der Waals surface area contributed by atoms with Gasteiger partial charge in [-0.15, -0.1) is 10.2 Å². The molecular formula is C18H12BrF3N4S. The van der Waals surface area contributed by atoms with Gasteiger partial charge in [-0.3, -0.25) is 0 Å². The molecule has 0 N–H and O–H groups in total. The summed E-state index contributed by atoms with van der Waals surface area (Å²) in [6.07, 6.45) is 0. The molecule has 2 aromatic carbocycles. The molecule has 0 fully saturated rings. The highest BCUT2D eigenvalue weighted by Crippen LogP contribution is 2.34. The lowest BCUT2D eigenvalue weighted by Crippen LogP contribution is -2.22. The molecule has 2 heterocycles. The summed E-state index contributed by atoms with van der Waals surface area (Å²) in [6.45, 7) is 3.95. The molecule has 0 saturated carbocycles. The lowest BCUT2D eigenvalue weighted by Gasteiger charge is -2.22. The summed E-state index contributed by atoms with van der Waals surface area (Å²) in [5.74, 6) is -3.47. The third kappa shape index (κ3) is 2.94. The number of hydrogen-bond acceptors (Lipinski definition) is 4. The van der Waals surface area contributed by atoms with Crippen LogP contribution in [0.4, 0.5) is 13.2 Å². The van der Waals surface area contributed by atoms with Crippen molar-refractivity contribution in [3.05, 3.63) is 69.7 Å². The molecule has 27 heavy (non-hydrogen) atoms. The molecule has 4 rings (SSSR count). The van der Waals surface area contributed by atoms with Crippen molar-refractivity contribution in [1.29, 1.82) is 0 Å². The maximum atomic E-state index is 14.1. The first kappa shape index (κ1) is 18.1. The van der Waals surface area contributed by atoms with Crippen molar-refractivity contribution in [2.24, 2.45) is 0 Å². The Bertz CT molecular complexity index is 1150. The van der Waals surface area contributed by atoms with E-state index in [1.165, 1.54) is 10.6 Å². The van der Waals surface area contributed by atoms with Gasteiger partial charge in [-0.1, -0.05) is 39.4 Å². The van der Waals surface area contributed by atoms with E-state index < -0.39 is 22.9 Å². The zero-order valence-corrected chi connectivity index (χ0v) is 16.6. The number of rotatable bonds is 3. The van der Waals surface area contributed by atoms with Crippen molar-refractivity contribution in [3.63, 3.8) is 0 Å². The number of aromatic nitrogens is 4. The molecule has 4 nitrogen and oxygen atoms in total. The SMILES string of the molecule is CC(C)(c1ccc(Br)cc1)c1nnc2sc(-c3ccc(F)c(F)c3F)nn12. The van der Waals surface area contributed by atoms with Crippen LogP contribution in [0.1, 0.15) is 25.2 Å². The van der Waals surface area contributed by atoms with E-state index in [1.54, 1.807) is 0 Å². The molecule has 9 heteroatoms. The Balaban J connectivity index is 1.83. The van der Waals surface area contributed by atoms with Crippen LogP contribution >= 0.6 is 27.3 Å². The Kier molecular flexibility index (Phi) is 4.31. The summed E-state index contributed by atoms with van der Waals surface area (Å²) in [6, 6.07) is 9.83. The first-order valence-electron chi connectivity index (χ1n) is 7.91. The fourth-order valence-corrected chi connectivity index (χ4v) is 3.93. The van der Waals surface area contributed by atoms with Crippen molar-refractivity contribution >= 4 is 32.2 Å². The van der Waals surface area contributed by atoms with Crippen molar-refractivity contribution in [2.75, 3.05) is 0 Å². The van der Waals surface area contributed by atoms with Crippen molar-refractivity contribution in [1.82, 2.24) is 19.8 Å². The van der Waals surface area contributed by atoms with E-state index in [0.717, 1.165) is 27.4 Å². The van der Waals surface area contributed by atoms with Gasteiger partial charge in [0, 0.05) is 4.47 Å². The van der Waals surface area contributed by atoms with Gasteiger partial charge in [0.25, 0.3) is 0 Å². The van der Waals surface area contributed by atoms with Crippen molar-refractivity contribution < 1.29 is 13.2 Å². The zero-order chi connectivity index (χ0) is 19.3. The van der Waals surface area contributed by atoms with E-state index >= 15 is 0 Å². The first-order chi connectivity index (χ1) is 12.8. The highest BCUT2D eigenvalue weighted by molar-refractivity contribution is 9.10. The van der Waals surface area contributed by atoms with Crippen LogP contribution in [0.5, 0.6) is 0 Å². The van der Waals surface area contributed by atoms with Crippen LogP contribution in [0, 0.1) is 17.5 Å². The molecule has 0 atom stereocenters. The monoisotopic (exact) mass is 452 g/mol. The first-order valence-corrected chi connectivity index (χ1v) is 9.52. The molecule has 0 radical (unpaired) electrons. The van der Waals surface area contributed by atoms with Crippen LogP contribution in [-0.2, 0) is 5.41 Å². The maximum absolute atomic E-state index is 14.1. The fraction of sp³-hybridized carbons (Fsp3) is 0.167. The van der Waals surface area contributed by atoms with Crippen LogP contribution in [0.15, 0.2) is 40.9 Å². The summed E-state index contributed by atoms with van der Waals surface area (Å²) < 4.78 is 43.4. The van der Waals surface area contributed by atoms with E-state index in [0.29, 0.717) is 10.8 Å². The minimum Gasteiger partial charge on any atom is -0.204 e. The van der Waals surface area contributed by atoms with E-state index in [-0.39, 0.29) is 10.6 Å². The molecular weight excluding hydrogens is 441 g/mol. The molecule has 0 aliphatic rings. The molecule has 0 saturated heterocycles. The molecule has 0 amide bonds. The highest BCUT2D eigenvalue weighted by atomic mass is 79.9. The van der Waals surface area contributed by atoms with Gasteiger partial charge >= 0.3 is 0 Å². The van der Waals surface area contributed by atoms with E-state index in [1.807, 2.05) is 38.1 Å². The minimum absolute atomic E-state index is 0.114. The topological polar surface area (TPSA) is 43.1 Å². The van der Waals surface area contributed by atoms with Gasteiger partial charge in [-0.05, 0) is 43.7 Å². The average Bonchev–Trinajstić information content (AvgIpc) is 3.20. The largest absolute Gasteiger partial charge is 0.235 e. The summed E-state index contributed by atoms with van der Waals surface area (Å²) in [5, 5.41) is 12.9. The normalized spacial score (nSPS) is 12.1. The molecule has 0 aliphatic heterocycles. The Morgan fingerprint density at radius 3 is 2.37 bits per heavy atom. The van der Waals surface area contributed by atoms with Crippen LogP contribution in [0.25, 0.3) is 15.5 Å². The van der Waals surface area contributed by atoms with E-state index in [4.69, 9.17) is 0 Å². The van der Waals surface area contributed by atoms with Gasteiger partial charge in [0.2, 0.25) is 4.96 Å². The van der Waals surface area contributed by atoms with Crippen LogP contribution < -0.4 is 0 Å². The summed E-state index contributed by atoms with van der Waals surface area (Å²) in [5.41, 5.74) is 0.350. The van der Waals surface area contributed by atoms with Crippen LogP contribution in [0.3, 0.4) is 0 Å². The van der Waals surface area contributed by atoms with Gasteiger partial charge in [0.1, 0.15) is 0 Å². The highest BCUT2D eigenvalue weighted by Gasteiger charge is 2.31. The van der Waals surface area contributed by atoms with Gasteiger partial charge in [0.15, 0.2) is 28.3 Å².